The summed E-state index contributed by atoms with van der Waals surface area (Å²) in [5.74, 6) is -0.600. The van der Waals surface area contributed by atoms with E-state index >= 15 is 0 Å². The summed E-state index contributed by atoms with van der Waals surface area (Å²) in [6.07, 6.45) is 6.96. The normalized spacial score (nSPS) is 9.09. The van der Waals surface area contributed by atoms with Crippen molar-refractivity contribution in [2.24, 2.45) is 0 Å². The van der Waals surface area contributed by atoms with Crippen LogP contribution in [0.15, 0.2) is 102 Å². The number of pyridine rings is 2. The number of aromatic nitrogens is 2. The first-order valence-electron chi connectivity index (χ1n) is 9.79. The van der Waals surface area contributed by atoms with Crippen molar-refractivity contribution in [1.29, 1.82) is 0 Å². The minimum Gasteiger partial charge on any atom is -0.423 e. The largest absolute Gasteiger partial charge is 0.488 e. The Bertz CT molecular complexity index is 992. The molecule has 0 spiro atoms. The maximum atomic E-state index is 12.6. The summed E-state index contributed by atoms with van der Waals surface area (Å²) in [6.45, 7) is 4.00. The first kappa shape index (κ1) is 27.1. The second-order valence-corrected chi connectivity index (χ2v) is 6.76. The molecular weight excluding hydrogens is 477 g/mol. The van der Waals surface area contributed by atoms with Crippen molar-refractivity contribution in [3.05, 3.63) is 114 Å². The van der Waals surface area contributed by atoms with Gasteiger partial charge in [-0.3, -0.25) is 9.97 Å². The van der Waals surface area contributed by atoms with Gasteiger partial charge in [0.05, 0.1) is 0 Å². The SMILES string of the molecule is Brc1cccnc1.CC.Fc1ccc(-c2cccnc2)cc1.OB(O)c1ccc(F)cc1. The molecule has 0 aliphatic rings. The molecule has 4 aromatic rings. The van der Waals surface area contributed by atoms with E-state index in [2.05, 4.69) is 25.9 Å². The van der Waals surface area contributed by atoms with Gasteiger partial charge in [-0.1, -0.05) is 44.2 Å². The van der Waals surface area contributed by atoms with Gasteiger partial charge in [0, 0.05) is 29.3 Å². The fourth-order valence-electron chi connectivity index (χ4n) is 2.15. The van der Waals surface area contributed by atoms with E-state index in [0.717, 1.165) is 15.6 Å². The van der Waals surface area contributed by atoms with Gasteiger partial charge in [-0.2, -0.15) is 0 Å². The van der Waals surface area contributed by atoms with E-state index in [1.54, 1.807) is 36.9 Å². The zero-order valence-corrected chi connectivity index (χ0v) is 19.3. The molecule has 2 aromatic carbocycles. The average Bonchev–Trinajstić information content (AvgIpc) is 2.83. The highest BCUT2D eigenvalue weighted by atomic mass is 79.9. The summed E-state index contributed by atoms with van der Waals surface area (Å²) < 4.78 is 25.8. The summed E-state index contributed by atoms with van der Waals surface area (Å²) >= 11 is 3.25. The van der Waals surface area contributed by atoms with Crippen LogP contribution in [0.4, 0.5) is 8.78 Å². The summed E-state index contributed by atoms with van der Waals surface area (Å²) in [5.41, 5.74) is 2.28. The molecule has 0 aliphatic heterocycles. The highest BCUT2D eigenvalue weighted by molar-refractivity contribution is 9.10. The highest BCUT2D eigenvalue weighted by Crippen LogP contribution is 2.17. The van der Waals surface area contributed by atoms with Gasteiger partial charge in [0.25, 0.3) is 0 Å². The van der Waals surface area contributed by atoms with E-state index in [1.165, 1.54) is 36.4 Å². The minimum absolute atomic E-state index is 0.215. The Labute approximate surface area is 195 Å². The first-order valence-corrected chi connectivity index (χ1v) is 10.6. The fourth-order valence-corrected chi connectivity index (χ4v) is 2.42. The summed E-state index contributed by atoms with van der Waals surface area (Å²) in [6, 6.07) is 19.0. The van der Waals surface area contributed by atoms with E-state index in [9.17, 15) is 8.78 Å². The van der Waals surface area contributed by atoms with Crippen LogP contribution in [-0.4, -0.2) is 27.1 Å². The molecule has 0 unspecified atom stereocenters. The van der Waals surface area contributed by atoms with Crippen molar-refractivity contribution in [3.8, 4) is 11.1 Å². The van der Waals surface area contributed by atoms with Crippen LogP contribution in [0.2, 0.25) is 0 Å². The van der Waals surface area contributed by atoms with Crippen LogP contribution in [0.5, 0.6) is 0 Å². The number of hydrogen-bond acceptors (Lipinski definition) is 4. The summed E-state index contributed by atoms with van der Waals surface area (Å²) in [4.78, 5) is 7.83. The Morgan fingerprint density at radius 1 is 0.688 bits per heavy atom. The molecule has 0 radical (unpaired) electrons. The first-order chi connectivity index (χ1) is 15.5. The zero-order valence-electron chi connectivity index (χ0n) is 17.7. The van der Waals surface area contributed by atoms with Gasteiger partial charge in [0.1, 0.15) is 11.6 Å². The average molecular weight is 501 g/mol. The molecular formula is C24H24BBrF2N2O2. The topological polar surface area (TPSA) is 66.2 Å². The number of halogens is 3. The summed E-state index contributed by atoms with van der Waals surface area (Å²) in [5, 5.41) is 17.1. The van der Waals surface area contributed by atoms with Crippen molar-refractivity contribution < 1.29 is 18.8 Å². The lowest BCUT2D eigenvalue weighted by atomic mass is 9.80. The predicted octanol–water partition coefficient (Wildman–Crippen LogP) is 5.26. The van der Waals surface area contributed by atoms with Gasteiger partial charge in [0.15, 0.2) is 0 Å². The highest BCUT2D eigenvalue weighted by Gasteiger charge is 2.08. The van der Waals surface area contributed by atoms with Crippen molar-refractivity contribution >= 4 is 28.5 Å². The molecule has 0 bridgehead atoms. The molecule has 166 valence electrons. The van der Waals surface area contributed by atoms with E-state index < -0.39 is 7.12 Å². The van der Waals surface area contributed by atoms with E-state index in [-0.39, 0.29) is 11.6 Å². The lowest BCUT2D eigenvalue weighted by Crippen LogP contribution is -2.29. The third-order valence-corrected chi connectivity index (χ3v) is 4.10. The van der Waals surface area contributed by atoms with Crippen LogP contribution in [-0.2, 0) is 0 Å². The third-order valence-electron chi connectivity index (χ3n) is 3.63. The monoisotopic (exact) mass is 500 g/mol. The van der Waals surface area contributed by atoms with Crippen LogP contribution in [0.25, 0.3) is 11.1 Å². The molecule has 4 rings (SSSR count). The Kier molecular flexibility index (Phi) is 13.4. The molecule has 8 heteroatoms. The Morgan fingerprint density at radius 3 is 1.56 bits per heavy atom. The number of nitrogens with zero attached hydrogens (tertiary/aromatic N) is 2. The molecule has 0 atom stereocenters. The molecule has 2 N–H and O–H groups in total. The molecule has 0 fully saturated rings. The molecule has 32 heavy (non-hydrogen) atoms. The second-order valence-electron chi connectivity index (χ2n) is 5.85. The maximum absolute atomic E-state index is 12.6. The Hall–Kier alpha value is -2.94. The van der Waals surface area contributed by atoms with E-state index in [1.807, 2.05) is 38.1 Å². The van der Waals surface area contributed by atoms with Crippen LogP contribution in [0, 0.1) is 11.6 Å². The minimum atomic E-state index is -1.51. The molecule has 2 heterocycles. The molecule has 0 aliphatic carbocycles. The lowest BCUT2D eigenvalue weighted by molar-refractivity contribution is 0.425. The second kappa shape index (κ2) is 15.8. The van der Waals surface area contributed by atoms with Gasteiger partial charge in [-0.25, -0.2) is 8.78 Å². The standard InChI is InChI=1S/C11H8FN.C6H6BFO2.C5H4BrN.C2H6/c12-11-5-3-9(4-6-11)10-2-1-7-13-8-10;8-6-3-1-5(2-4-6)7(9)10;6-5-2-1-3-7-4-5;1-2/h1-8H;1-4,9-10H;1-4H;1-2H3. The van der Waals surface area contributed by atoms with Gasteiger partial charge in [0.2, 0.25) is 0 Å². The fraction of sp³-hybridized carbons (Fsp3) is 0.0833. The van der Waals surface area contributed by atoms with Crippen LogP contribution >= 0.6 is 15.9 Å². The van der Waals surface area contributed by atoms with Gasteiger partial charge < -0.3 is 10.0 Å². The van der Waals surface area contributed by atoms with Gasteiger partial charge in [-0.15, -0.1) is 0 Å². The molecule has 0 amide bonds. The number of rotatable bonds is 2. The van der Waals surface area contributed by atoms with Crippen molar-refractivity contribution in [1.82, 2.24) is 9.97 Å². The van der Waals surface area contributed by atoms with Gasteiger partial charge >= 0.3 is 7.12 Å². The summed E-state index contributed by atoms with van der Waals surface area (Å²) in [7, 11) is -1.51. The maximum Gasteiger partial charge on any atom is 0.488 e. The van der Waals surface area contributed by atoms with Crippen molar-refractivity contribution in [2.45, 2.75) is 13.8 Å². The zero-order chi connectivity index (χ0) is 23.8. The van der Waals surface area contributed by atoms with Crippen molar-refractivity contribution in [2.75, 3.05) is 0 Å². The molecule has 0 saturated heterocycles. The van der Waals surface area contributed by atoms with Crippen molar-refractivity contribution in [3.63, 3.8) is 0 Å². The molecule has 2 aromatic heterocycles. The predicted molar refractivity (Wildman–Crippen MR) is 129 cm³/mol. The van der Waals surface area contributed by atoms with E-state index in [4.69, 9.17) is 10.0 Å². The quantitative estimate of drug-likeness (QED) is 0.368. The molecule has 0 saturated carbocycles. The number of hydrogen-bond donors (Lipinski definition) is 2. The smallest absolute Gasteiger partial charge is 0.423 e. The third kappa shape index (κ3) is 10.9. The van der Waals surface area contributed by atoms with Gasteiger partial charge in [-0.05, 0) is 75.0 Å². The van der Waals surface area contributed by atoms with Crippen LogP contribution in [0.3, 0.4) is 0 Å². The van der Waals surface area contributed by atoms with Crippen LogP contribution < -0.4 is 5.46 Å². The Balaban J connectivity index is 0.000000241. The van der Waals surface area contributed by atoms with Crippen LogP contribution in [0.1, 0.15) is 13.8 Å². The molecule has 4 nitrogen and oxygen atoms in total. The number of benzene rings is 2. The van der Waals surface area contributed by atoms with E-state index in [0.29, 0.717) is 5.46 Å². The lowest BCUT2D eigenvalue weighted by Gasteiger charge is -1.98. The Morgan fingerprint density at radius 2 is 1.19 bits per heavy atom.